The maximum atomic E-state index is 13.7. The maximum Gasteiger partial charge on any atom is 0.240 e. The van der Waals surface area contributed by atoms with Gasteiger partial charge in [0.1, 0.15) is 17.0 Å². The van der Waals surface area contributed by atoms with Crippen molar-refractivity contribution in [1.29, 1.82) is 0 Å². The summed E-state index contributed by atoms with van der Waals surface area (Å²) in [4.78, 5) is 25.2. The smallest absolute Gasteiger partial charge is 0.240 e. The molecule has 7 heteroatoms. The van der Waals surface area contributed by atoms with Gasteiger partial charge in [0, 0.05) is 17.1 Å². The molecule has 1 aliphatic rings. The molecule has 0 radical (unpaired) electrons. The number of carbonyl (C=O) groups is 2. The Bertz CT molecular complexity index is 852. The molecule has 2 aromatic rings. The van der Waals surface area contributed by atoms with Gasteiger partial charge in [0.25, 0.3) is 0 Å². The third-order valence-electron chi connectivity index (χ3n) is 4.43. The van der Waals surface area contributed by atoms with Gasteiger partial charge in [-0.15, -0.1) is 0 Å². The minimum Gasteiger partial charge on any atom is -0.495 e. The predicted octanol–water partition coefficient (Wildman–Crippen LogP) is 3.52. The van der Waals surface area contributed by atoms with Crippen LogP contribution in [-0.4, -0.2) is 18.9 Å². The lowest BCUT2D eigenvalue weighted by molar-refractivity contribution is -0.134. The molecule has 0 aliphatic heterocycles. The number of ether oxygens (including phenoxy) is 1. The number of hydrogen-bond donors (Lipinski definition) is 2. The first kappa shape index (κ1) is 18.2. The number of benzene rings is 2. The lowest BCUT2D eigenvalue weighted by atomic mass is 10.0. The van der Waals surface area contributed by atoms with Crippen LogP contribution in [0.2, 0.25) is 5.02 Å². The normalized spacial score (nSPS) is 14.4. The van der Waals surface area contributed by atoms with E-state index in [1.807, 2.05) is 0 Å². The van der Waals surface area contributed by atoms with Crippen LogP contribution in [0.25, 0.3) is 0 Å². The summed E-state index contributed by atoms with van der Waals surface area (Å²) in [5, 5.41) is 5.80. The van der Waals surface area contributed by atoms with Gasteiger partial charge in [-0.05, 0) is 37.1 Å². The van der Waals surface area contributed by atoms with Gasteiger partial charge in [0.15, 0.2) is 0 Å². The van der Waals surface area contributed by atoms with Crippen LogP contribution in [0.3, 0.4) is 0 Å². The lowest BCUT2D eigenvalue weighted by Crippen LogP contribution is -2.39. The molecule has 136 valence electrons. The highest BCUT2D eigenvalue weighted by molar-refractivity contribution is 6.31. The van der Waals surface area contributed by atoms with E-state index in [-0.39, 0.29) is 6.54 Å². The molecule has 2 amide bonds. The lowest BCUT2D eigenvalue weighted by Gasteiger charge is -2.17. The number of amides is 2. The van der Waals surface area contributed by atoms with Gasteiger partial charge in [0.2, 0.25) is 11.8 Å². The van der Waals surface area contributed by atoms with Gasteiger partial charge in [-0.2, -0.15) is 0 Å². The molecule has 0 unspecified atom stereocenters. The topological polar surface area (TPSA) is 67.4 Å². The first-order valence-electron chi connectivity index (χ1n) is 8.13. The molecule has 0 spiro atoms. The summed E-state index contributed by atoms with van der Waals surface area (Å²) >= 11 is 5.96. The zero-order chi connectivity index (χ0) is 18.7. The number of rotatable bonds is 6. The van der Waals surface area contributed by atoms with Gasteiger partial charge in [0.05, 0.1) is 12.8 Å². The Hall–Kier alpha value is -2.60. The van der Waals surface area contributed by atoms with E-state index >= 15 is 0 Å². The second kappa shape index (κ2) is 7.33. The SMILES string of the molecule is COc1ccc(Cl)cc1NC(=O)C1(C(=O)NCc2ccccc2F)CC1. The molecule has 0 bridgehead atoms. The van der Waals surface area contributed by atoms with Crippen molar-refractivity contribution in [3.8, 4) is 5.75 Å². The Balaban J connectivity index is 1.68. The van der Waals surface area contributed by atoms with Crippen LogP contribution in [0.15, 0.2) is 42.5 Å². The monoisotopic (exact) mass is 376 g/mol. The fraction of sp³-hybridized carbons (Fsp3) is 0.263. The highest BCUT2D eigenvalue weighted by Crippen LogP contribution is 2.47. The molecule has 26 heavy (non-hydrogen) atoms. The number of hydrogen-bond acceptors (Lipinski definition) is 3. The van der Waals surface area contributed by atoms with Crippen molar-refractivity contribution in [2.45, 2.75) is 19.4 Å². The fourth-order valence-corrected chi connectivity index (χ4v) is 2.86. The number of halogens is 2. The number of methoxy groups -OCH3 is 1. The van der Waals surface area contributed by atoms with E-state index in [2.05, 4.69) is 10.6 Å². The molecular weight excluding hydrogens is 359 g/mol. The molecular formula is C19H18ClFN2O3. The van der Waals surface area contributed by atoms with Crippen LogP contribution >= 0.6 is 11.6 Å². The van der Waals surface area contributed by atoms with E-state index in [4.69, 9.17) is 16.3 Å². The molecule has 0 heterocycles. The van der Waals surface area contributed by atoms with Crippen LogP contribution in [0.5, 0.6) is 5.75 Å². The molecule has 1 fully saturated rings. The van der Waals surface area contributed by atoms with Gasteiger partial charge in [-0.3, -0.25) is 9.59 Å². The first-order valence-corrected chi connectivity index (χ1v) is 8.51. The minimum absolute atomic E-state index is 0.0288. The van der Waals surface area contributed by atoms with E-state index in [0.717, 1.165) is 0 Å². The summed E-state index contributed by atoms with van der Waals surface area (Å²) in [7, 11) is 1.48. The molecule has 2 aromatic carbocycles. The zero-order valence-corrected chi connectivity index (χ0v) is 14.9. The van der Waals surface area contributed by atoms with Crippen molar-refractivity contribution in [1.82, 2.24) is 5.32 Å². The predicted molar refractivity (Wildman–Crippen MR) is 96.5 cm³/mol. The average Bonchev–Trinajstić information content (AvgIpc) is 3.43. The summed E-state index contributed by atoms with van der Waals surface area (Å²) < 4.78 is 18.9. The van der Waals surface area contributed by atoms with Crippen LogP contribution in [0.1, 0.15) is 18.4 Å². The quantitative estimate of drug-likeness (QED) is 0.758. The summed E-state index contributed by atoms with van der Waals surface area (Å²) in [6, 6.07) is 11.0. The van der Waals surface area contributed by atoms with Crippen molar-refractivity contribution < 1.29 is 18.7 Å². The van der Waals surface area contributed by atoms with Gasteiger partial charge < -0.3 is 15.4 Å². The fourth-order valence-electron chi connectivity index (χ4n) is 2.69. The van der Waals surface area contributed by atoms with Crippen LogP contribution in [-0.2, 0) is 16.1 Å². The third-order valence-corrected chi connectivity index (χ3v) is 4.66. The summed E-state index contributed by atoms with van der Waals surface area (Å²) in [5.74, 6) is -0.792. The van der Waals surface area contributed by atoms with Gasteiger partial charge in [-0.25, -0.2) is 4.39 Å². The van der Waals surface area contributed by atoms with E-state index in [1.165, 1.54) is 13.2 Å². The van der Waals surface area contributed by atoms with Crippen LogP contribution in [0, 0.1) is 11.2 Å². The van der Waals surface area contributed by atoms with E-state index < -0.39 is 23.0 Å². The highest BCUT2D eigenvalue weighted by atomic mass is 35.5. The Kier molecular flexibility index (Phi) is 5.13. The highest BCUT2D eigenvalue weighted by Gasteiger charge is 2.56. The molecule has 0 aromatic heterocycles. The minimum atomic E-state index is -1.14. The molecule has 1 saturated carbocycles. The first-order chi connectivity index (χ1) is 12.5. The van der Waals surface area contributed by atoms with Crippen LogP contribution in [0.4, 0.5) is 10.1 Å². The summed E-state index contributed by atoms with van der Waals surface area (Å²) in [6.07, 6.45) is 0.871. The number of nitrogens with one attached hydrogen (secondary N) is 2. The third kappa shape index (κ3) is 3.65. The summed E-state index contributed by atoms with van der Waals surface area (Å²) in [5.41, 5.74) is -0.370. The molecule has 2 N–H and O–H groups in total. The Morgan fingerprint density at radius 2 is 1.92 bits per heavy atom. The maximum absolute atomic E-state index is 13.7. The molecule has 0 atom stereocenters. The van der Waals surface area contributed by atoms with Crippen molar-refractivity contribution in [2.24, 2.45) is 5.41 Å². The molecule has 1 aliphatic carbocycles. The second-order valence-electron chi connectivity index (χ2n) is 6.15. The van der Waals surface area contributed by atoms with Gasteiger partial charge in [-0.1, -0.05) is 29.8 Å². The number of carbonyl (C=O) groups excluding carboxylic acids is 2. The van der Waals surface area contributed by atoms with Gasteiger partial charge >= 0.3 is 0 Å². The van der Waals surface area contributed by atoms with Crippen molar-refractivity contribution in [3.63, 3.8) is 0 Å². The van der Waals surface area contributed by atoms with E-state index in [0.29, 0.717) is 34.9 Å². The summed E-state index contributed by atoms with van der Waals surface area (Å²) in [6.45, 7) is 0.0288. The van der Waals surface area contributed by atoms with E-state index in [1.54, 1.807) is 36.4 Å². The Labute approximate surface area is 155 Å². The average molecular weight is 377 g/mol. The Morgan fingerprint density at radius 3 is 2.58 bits per heavy atom. The van der Waals surface area contributed by atoms with Crippen molar-refractivity contribution in [2.75, 3.05) is 12.4 Å². The van der Waals surface area contributed by atoms with Crippen molar-refractivity contribution >= 4 is 29.1 Å². The molecule has 3 rings (SSSR count). The largest absolute Gasteiger partial charge is 0.495 e. The van der Waals surface area contributed by atoms with Crippen LogP contribution < -0.4 is 15.4 Å². The molecule has 0 saturated heterocycles. The Morgan fingerprint density at radius 1 is 1.19 bits per heavy atom. The standard InChI is InChI=1S/C19H18ClFN2O3/c1-26-16-7-6-13(20)10-15(16)23-18(25)19(8-9-19)17(24)22-11-12-4-2-3-5-14(12)21/h2-7,10H,8-9,11H2,1H3,(H,22,24)(H,23,25). The second-order valence-corrected chi connectivity index (χ2v) is 6.59. The van der Waals surface area contributed by atoms with E-state index in [9.17, 15) is 14.0 Å². The molecule has 5 nitrogen and oxygen atoms in total. The van der Waals surface area contributed by atoms with Crippen molar-refractivity contribution in [3.05, 3.63) is 58.9 Å². The number of anilines is 1. The zero-order valence-electron chi connectivity index (χ0n) is 14.1.